The highest BCUT2D eigenvalue weighted by atomic mass is 19.4. The molecule has 0 saturated heterocycles. The molecule has 5 rings (SSSR count). The van der Waals surface area contributed by atoms with Gasteiger partial charge in [0.05, 0.1) is 29.3 Å². The van der Waals surface area contributed by atoms with E-state index in [1.165, 1.54) is 23.9 Å². The Bertz CT molecular complexity index is 2090. The molecule has 2 aromatic carbocycles. The lowest BCUT2D eigenvalue weighted by atomic mass is 9.57. The van der Waals surface area contributed by atoms with Gasteiger partial charge in [-0.2, -0.15) is 13.2 Å². The van der Waals surface area contributed by atoms with Crippen LogP contribution in [-0.4, -0.2) is 113 Å². The summed E-state index contributed by atoms with van der Waals surface area (Å²) in [5.74, 6) is -8.97. The van der Waals surface area contributed by atoms with Crippen molar-refractivity contribution >= 4 is 41.0 Å². The van der Waals surface area contributed by atoms with Crippen molar-refractivity contribution in [2.24, 2.45) is 23.0 Å². The van der Waals surface area contributed by atoms with Gasteiger partial charge in [0, 0.05) is 43.4 Å². The Labute approximate surface area is 325 Å². The summed E-state index contributed by atoms with van der Waals surface area (Å²) in [4.78, 5) is 70.3. The number of likely N-dealkylation sites (N-methyl/N-ethyl adjacent to an activating group) is 1. The molecule has 1 saturated carbocycles. The lowest BCUT2D eigenvalue weighted by Gasteiger charge is -2.50. The second-order valence-corrected chi connectivity index (χ2v) is 16.1. The highest BCUT2D eigenvalue weighted by molar-refractivity contribution is 6.24. The van der Waals surface area contributed by atoms with Gasteiger partial charge in [-0.15, -0.1) is 0 Å². The predicted octanol–water partition coefficient (Wildman–Crippen LogP) is 3.85. The van der Waals surface area contributed by atoms with Crippen molar-refractivity contribution in [3.05, 3.63) is 75.1 Å². The van der Waals surface area contributed by atoms with Crippen LogP contribution in [0.4, 0.5) is 23.7 Å². The highest BCUT2D eigenvalue weighted by Gasteiger charge is 2.64. The van der Waals surface area contributed by atoms with Gasteiger partial charge in [-0.25, -0.2) is 9.59 Å². The van der Waals surface area contributed by atoms with E-state index in [9.17, 15) is 57.6 Å². The number of carbonyl (C=O) groups is 5. The van der Waals surface area contributed by atoms with Crippen LogP contribution in [0.15, 0.2) is 47.2 Å². The third-order valence-electron chi connectivity index (χ3n) is 10.4. The van der Waals surface area contributed by atoms with Gasteiger partial charge in [0.2, 0.25) is 12.6 Å². The molecule has 1 fully saturated rings. The fraction of sp³-hybridized carbons (Fsp3) is 0.462. The van der Waals surface area contributed by atoms with Crippen LogP contribution in [-0.2, 0) is 43.0 Å². The van der Waals surface area contributed by atoms with Crippen LogP contribution in [0.1, 0.15) is 59.8 Å². The Morgan fingerprint density at radius 1 is 0.982 bits per heavy atom. The number of carbonyl (C=O) groups excluding carboxylic acids is 5. The quantitative estimate of drug-likeness (QED) is 0.138. The van der Waals surface area contributed by atoms with Crippen molar-refractivity contribution in [1.29, 1.82) is 0 Å². The standard InChI is InChI=1S/C39H45F3N4O11/c1-37(2,3)16-46(36(54)57-17-56-35(53)18-8-10-21(11-9-18)39(40,41)42)15-20-14-24(44(4)5)22-12-19-13-23-28(45(6)7)31(49)27(34(43)52)33(51)38(23,55)32(50)25(19)30(48)26(22)29(20)47/h8-11,14,19,23,28,47-48,51,55H,12-13,15-17H2,1-7H3,(H2,43,52). The van der Waals surface area contributed by atoms with Crippen molar-refractivity contribution < 1.29 is 67.0 Å². The third-order valence-corrected chi connectivity index (χ3v) is 10.4. The summed E-state index contributed by atoms with van der Waals surface area (Å²) in [6, 6.07) is 3.59. The Kier molecular flexibility index (Phi) is 11.2. The first-order valence-electron chi connectivity index (χ1n) is 17.8. The summed E-state index contributed by atoms with van der Waals surface area (Å²) >= 11 is 0. The number of aliphatic hydroxyl groups excluding tert-OH is 2. The van der Waals surface area contributed by atoms with E-state index in [2.05, 4.69) is 0 Å². The number of ketones is 2. The van der Waals surface area contributed by atoms with Crippen molar-refractivity contribution in [1.82, 2.24) is 9.80 Å². The molecule has 0 aromatic heterocycles. The minimum atomic E-state index is -4.61. The van der Waals surface area contributed by atoms with Gasteiger partial charge in [-0.05, 0) is 74.2 Å². The number of phenols is 1. The van der Waals surface area contributed by atoms with Crippen LogP contribution < -0.4 is 10.6 Å². The zero-order chi connectivity index (χ0) is 42.7. The molecule has 6 N–H and O–H groups in total. The first kappa shape index (κ1) is 42.5. The molecule has 4 unspecified atom stereocenters. The summed E-state index contributed by atoms with van der Waals surface area (Å²) in [7, 11) is 6.40. The van der Waals surface area contributed by atoms with Gasteiger partial charge in [0.1, 0.15) is 22.8 Å². The number of Topliss-reactive ketones (excluding diaryl/α,β-unsaturated/α-hetero) is 2. The van der Waals surface area contributed by atoms with E-state index in [0.29, 0.717) is 23.4 Å². The second-order valence-electron chi connectivity index (χ2n) is 16.1. The second kappa shape index (κ2) is 15.0. The maximum Gasteiger partial charge on any atom is 0.416 e. The monoisotopic (exact) mass is 802 g/mol. The fourth-order valence-corrected chi connectivity index (χ4v) is 7.93. The summed E-state index contributed by atoms with van der Waals surface area (Å²) in [6.07, 6.45) is -5.68. The molecule has 3 aliphatic carbocycles. The largest absolute Gasteiger partial charge is 0.508 e. The zero-order valence-electron chi connectivity index (χ0n) is 32.4. The van der Waals surface area contributed by atoms with E-state index in [0.717, 1.165) is 12.1 Å². The van der Waals surface area contributed by atoms with Crippen LogP contribution in [0.3, 0.4) is 0 Å². The van der Waals surface area contributed by atoms with Crippen molar-refractivity contribution in [2.45, 2.75) is 58.0 Å². The number of primary amides is 1. The van der Waals surface area contributed by atoms with Crippen LogP contribution in [0.5, 0.6) is 5.75 Å². The van der Waals surface area contributed by atoms with Gasteiger partial charge in [0.25, 0.3) is 5.91 Å². The number of hydrogen-bond donors (Lipinski definition) is 5. The number of aliphatic hydroxyl groups is 3. The SMILES string of the molecule is CN(C)c1cc(CN(CC(C)(C)C)C(=O)OCOC(=O)c2ccc(C(F)(F)F)cc2)c(O)c2c1CC1CC3C(N(C)C)C(=O)C(C(N)=O)=C(O)C3(O)C(=O)C1=C2O. The predicted molar refractivity (Wildman–Crippen MR) is 197 cm³/mol. The van der Waals surface area contributed by atoms with Crippen molar-refractivity contribution in [3.63, 3.8) is 0 Å². The lowest BCUT2D eigenvalue weighted by molar-refractivity contribution is -0.153. The van der Waals surface area contributed by atoms with E-state index in [1.54, 1.807) is 25.1 Å². The molecule has 0 spiro atoms. The summed E-state index contributed by atoms with van der Waals surface area (Å²) < 4.78 is 49.0. The number of amides is 2. The van der Waals surface area contributed by atoms with E-state index in [4.69, 9.17) is 15.2 Å². The molecule has 0 radical (unpaired) electrons. The zero-order valence-corrected chi connectivity index (χ0v) is 32.4. The molecule has 18 heteroatoms. The van der Waals surface area contributed by atoms with E-state index in [-0.39, 0.29) is 48.2 Å². The molecule has 15 nitrogen and oxygen atoms in total. The van der Waals surface area contributed by atoms with Gasteiger partial charge < -0.3 is 45.4 Å². The molecule has 57 heavy (non-hydrogen) atoms. The Morgan fingerprint density at radius 2 is 1.60 bits per heavy atom. The maximum atomic E-state index is 14.3. The highest BCUT2D eigenvalue weighted by Crippen LogP contribution is 2.54. The van der Waals surface area contributed by atoms with Gasteiger partial charge >= 0.3 is 18.2 Å². The van der Waals surface area contributed by atoms with Crippen LogP contribution in [0.2, 0.25) is 0 Å². The number of phenolic OH excluding ortho intramolecular Hbond substituents is 1. The minimum Gasteiger partial charge on any atom is -0.508 e. The number of alkyl halides is 3. The van der Waals surface area contributed by atoms with E-state index in [1.807, 2.05) is 20.8 Å². The van der Waals surface area contributed by atoms with Gasteiger partial charge in [-0.3, -0.25) is 19.3 Å². The number of hydrogen-bond acceptors (Lipinski definition) is 13. The summed E-state index contributed by atoms with van der Waals surface area (Å²) in [5, 5.41) is 46.8. The molecule has 0 aliphatic heterocycles. The number of aromatic hydroxyl groups is 1. The lowest BCUT2D eigenvalue weighted by Crippen LogP contribution is -2.65. The molecule has 3 aliphatic rings. The topological polar surface area (TPSA) is 220 Å². The average molecular weight is 803 g/mol. The fourth-order valence-electron chi connectivity index (χ4n) is 7.93. The minimum absolute atomic E-state index is 0.0220. The Hall–Kier alpha value is -5.62. The number of nitrogens with two attached hydrogens (primary N) is 1. The molecule has 0 bridgehead atoms. The molecule has 0 heterocycles. The number of anilines is 1. The normalized spacial score (nSPS) is 22.1. The first-order chi connectivity index (χ1) is 26.3. The average Bonchev–Trinajstić information content (AvgIpc) is 3.09. The number of nitrogens with zero attached hydrogens (tertiary/aromatic N) is 3. The molecule has 2 amide bonds. The third kappa shape index (κ3) is 7.75. The maximum absolute atomic E-state index is 14.3. The number of esters is 1. The number of fused-ring (bicyclic) bond motifs is 3. The Morgan fingerprint density at radius 3 is 2.12 bits per heavy atom. The molecular weight excluding hydrogens is 757 g/mol. The van der Waals surface area contributed by atoms with Crippen molar-refractivity contribution in [3.8, 4) is 5.75 Å². The summed E-state index contributed by atoms with van der Waals surface area (Å²) in [5.41, 5.74) is 0.349. The Balaban J connectivity index is 1.49. The molecular formula is C39H45F3N4O11. The summed E-state index contributed by atoms with van der Waals surface area (Å²) in [6.45, 7) is 4.21. The smallest absolute Gasteiger partial charge is 0.416 e. The van der Waals surface area contributed by atoms with Crippen molar-refractivity contribution in [2.75, 3.05) is 46.4 Å². The number of benzene rings is 2. The first-order valence-corrected chi connectivity index (χ1v) is 17.8. The van der Waals surface area contributed by atoms with Gasteiger partial charge in [0.15, 0.2) is 11.4 Å². The number of ether oxygens (including phenoxy) is 2. The molecule has 4 atom stereocenters. The van der Waals surface area contributed by atoms with Crippen LogP contribution >= 0.6 is 0 Å². The van der Waals surface area contributed by atoms with Gasteiger partial charge in [-0.1, -0.05) is 20.8 Å². The molecule has 308 valence electrons. The number of rotatable bonds is 9. The van der Waals surface area contributed by atoms with Crippen LogP contribution in [0, 0.1) is 17.3 Å². The number of halogens is 3. The van der Waals surface area contributed by atoms with E-state index < -0.39 is 99.8 Å². The molecule has 2 aromatic rings. The van der Waals surface area contributed by atoms with Crippen LogP contribution in [0.25, 0.3) is 5.76 Å². The van der Waals surface area contributed by atoms with E-state index >= 15 is 0 Å².